The van der Waals surface area contributed by atoms with E-state index in [0.717, 1.165) is 31.9 Å². The van der Waals surface area contributed by atoms with Crippen molar-refractivity contribution in [2.24, 2.45) is 0 Å². The second-order valence-corrected chi connectivity index (χ2v) is 4.83. The molecule has 0 unspecified atom stereocenters. The van der Waals surface area contributed by atoms with Crippen LogP contribution >= 0.6 is 0 Å². The molecule has 0 aliphatic heterocycles. The van der Waals surface area contributed by atoms with Gasteiger partial charge >= 0.3 is 0 Å². The van der Waals surface area contributed by atoms with Crippen LogP contribution in [0.15, 0.2) is 24.3 Å². The molecule has 2 heteroatoms. The molecule has 0 spiro atoms. The van der Waals surface area contributed by atoms with E-state index >= 15 is 0 Å². The molecule has 18 heavy (non-hydrogen) atoms. The van der Waals surface area contributed by atoms with E-state index in [9.17, 15) is 0 Å². The summed E-state index contributed by atoms with van der Waals surface area (Å²) in [5.41, 5.74) is 1.28. The Morgan fingerprint density at radius 3 is 2.28 bits per heavy atom. The summed E-state index contributed by atoms with van der Waals surface area (Å²) >= 11 is 0. The lowest BCUT2D eigenvalue weighted by Crippen LogP contribution is -2.17. The van der Waals surface area contributed by atoms with E-state index < -0.39 is 0 Å². The minimum atomic E-state index is 0.819. The number of rotatable bonds is 10. The van der Waals surface area contributed by atoms with Crippen LogP contribution in [0.4, 0.5) is 0 Å². The highest BCUT2D eigenvalue weighted by atomic mass is 16.5. The number of ether oxygens (including phenoxy) is 1. The summed E-state index contributed by atoms with van der Waals surface area (Å²) in [5, 5.41) is 3.47. The molecule has 1 N–H and O–H groups in total. The van der Waals surface area contributed by atoms with Crippen molar-refractivity contribution in [1.82, 2.24) is 5.32 Å². The lowest BCUT2D eigenvalue weighted by atomic mass is 10.2. The van der Waals surface area contributed by atoms with Gasteiger partial charge in [0.25, 0.3) is 0 Å². The summed E-state index contributed by atoms with van der Waals surface area (Å²) in [7, 11) is 0. The fourth-order valence-corrected chi connectivity index (χ4v) is 1.80. The fraction of sp³-hybridized carbons (Fsp3) is 0.625. The van der Waals surface area contributed by atoms with Crippen molar-refractivity contribution in [2.75, 3.05) is 19.7 Å². The van der Waals surface area contributed by atoms with Gasteiger partial charge in [-0.05, 0) is 51.4 Å². The number of nitrogens with one attached hydrogen (secondary N) is 1. The van der Waals surface area contributed by atoms with E-state index in [1.54, 1.807) is 0 Å². The first-order chi connectivity index (χ1) is 8.83. The van der Waals surface area contributed by atoms with E-state index in [4.69, 9.17) is 4.74 Å². The van der Waals surface area contributed by atoms with Crippen molar-refractivity contribution < 1.29 is 4.74 Å². The van der Waals surface area contributed by atoms with E-state index in [0.29, 0.717) is 0 Å². The Balaban J connectivity index is 1.91. The van der Waals surface area contributed by atoms with Gasteiger partial charge in [-0.3, -0.25) is 0 Å². The molecule has 1 rings (SSSR count). The van der Waals surface area contributed by atoms with Crippen molar-refractivity contribution in [2.45, 2.75) is 46.0 Å². The summed E-state index contributed by atoms with van der Waals surface area (Å²) in [4.78, 5) is 0. The van der Waals surface area contributed by atoms with Crippen LogP contribution in [0.5, 0.6) is 5.75 Å². The molecule has 0 radical (unpaired) electrons. The predicted molar refractivity (Wildman–Crippen MR) is 78.3 cm³/mol. The van der Waals surface area contributed by atoms with Crippen molar-refractivity contribution >= 4 is 0 Å². The van der Waals surface area contributed by atoms with Gasteiger partial charge in [0, 0.05) is 0 Å². The Bertz CT molecular complexity index is 294. The van der Waals surface area contributed by atoms with E-state index in [1.807, 2.05) is 12.1 Å². The van der Waals surface area contributed by atoms with Crippen LogP contribution in [0.2, 0.25) is 0 Å². The predicted octanol–water partition coefficient (Wildman–Crippen LogP) is 3.93. The van der Waals surface area contributed by atoms with Gasteiger partial charge in [-0.1, -0.05) is 37.5 Å². The van der Waals surface area contributed by atoms with Crippen molar-refractivity contribution in [1.29, 1.82) is 0 Å². The van der Waals surface area contributed by atoms with Gasteiger partial charge in [0.15, 0.2) is 0 Å². The third kappa shape index (κ3) is 7.33. The van der Waals surface area contributed by atoms with E-state index in [2.05, 4.69) is 31.3 Å². The van der Waals surface area contributed by atoms with Gasteiger partial charge in [0.05, 0.1) is 6.61 Å². The highest BCUT2D eigenvalue weighted by molar-refractivity contribution is 5.26. The Kier molecular flexibility index (Phi) is 8.32. The molecule has 0 aliphatic rings. The summed E-state index contributed by atoms with van der Waals surface area (Å²) < 4.78 is 5.68. The van der Waals surface area contributed by atoms with Crippen LogP contribution in [0, 0.1) is 6.92 Å². The molecule has 0 amide bonds. The summed E-state index contributed by atoms with van der Waals surface area (Å²) in [5.74, 6) is 0.983. The molecule has 0 saturated carbocycles. The normalized spacial score (nSPS) is 10.6. The molecule has 2 nitrogen and oxygen atoms in total. The molecule has 0 atom stereocenters. The summed E-state index contributed by atoms with van der Waals surface area (Å²) in [6.07, 6.45) is 6.25. The molecule has 0 saturated heterocycles. The SMILES string of the molecule is CCCCCNCCCCOc1ccc(C)cc1. The van der Waals surface area contributed by atoms with Gasteiger partial charge in [-0.2, -0.15) is 0 Å². The molecular weight excluding hydrogens is 222 g/mol. The molecule has 0 aliphatic carbocycles. The minimum Gasteiger partial charge on any atom is -0.494 e. The number of hydrogen-bond donors (Lipinski definition) is 1. The maximum Gasteiger partial charge on any atom is 0.119 e. The minimum absolute atomic E-state index is 0.819. The highest BCUT2D eigenvalue weighted by Crippen LogP contribution is 2.11. The zero-order chi connectivity index (χ0) is 13.1. The average Bonchev–Trinajstić information content (AvgIpc) is 2.39. The molecule has 0 aromatic heterocycles. The molecular formula is C16H27NO. The van der Waals surface area contributed by atoms with Gasteiger partial charge < -0.3 is 10.1 Å². The van der Waals surface area contributed by atoms with Crippen LogP contribution in [0.25, 0.3) is 0 Å². The van der Waals surface area contributed by atoms with Gasteiger partial charge in [0.2, 0.25) is 0 Å². The lowest BCUT2D eigenvalue weighted by Gasteiger charge is -2.07. The van der Waals surface area contributed by atoms with Crippen molar-refractivity contribution in [3.05, 3.63) is 29.8 Å². The second-order valence-electron chi connectivity index (χ2n) is 4.83. The molecule has 1 aromatic carbocycles. The first-order valence-electron chi connectivity index (χ1n) is 7.23. The number of benzene rings is 1. The maximum absolute atomic E-state index is 5.68. The Morgan fingerprint density at radius 2 is 1.61 bits per heavy atom. The quantitative estimate of drug-likeness (QED) is 0.634. The number of unbranched alkanes of at least 4 members (excludes halogenated alkanes) is 3. The summed E-state index contributed by atoms with van der Waals surface area (Å²) in [6, 6.07) is 8.26. The molecule has 0 heterocycles. The van der Waals surface area contributed by atoms with Crippen LogP contribution in [-0.4, -0.2) is 19.7 Å². The summed E-state index contributed by atoms with van der Waals surface area (Å²) in [6.45, 7) is 7.42. The molecule has 0 fully saturated rings. The van der Waals surface area contributed by atoms with Crippen LogP contribution in [0.3, 0.4) is 0 Å². The Morgan fingerprint density at radius 1 is 0.944 bits per heavy atom. The number of hydrogen-bond acceptors (Lipinski definition) is 2. The fourth-order valence-electron chi connectivity index (χ4n) is 1.80. The van der Waals surface area contributed by atoms with Gasteiger partial charge in [-0.25, -0.2) is 0 Å². The van der Waals surface area contributed by atoms with Gasteiger partial charge in [0.1, 0.15) is 5.75 Å². The number of aryl methyl sites for hydroxylation is 1. The monoisotopic (exact) mass is 249 g/mol. The topological polar surface area (TPSA) is 21.3 Å². The lowest BCUT2D eigenvalue weighted by molar-refractivity contribution is 0.305. The van der Waals surface area contributed by atoms with Crippen LogP contribution < -0.4 is 10.1 Å². The van der Waals surface area contributed by atoms with Crippen molar-refractivity contribution in [3.8, 4) is 5.75 Å². The third-order valence-electron chi connectivity index (χ3n) is 2.99. The molecule has 102 valence electrons. The largest absolute Gasteiger partial charge is 0.494 e. The molecule has 0 bridgehead atoms. The molecule has 1 aromatic rings. The average molecular weight is 249 g/mol. The van der Waals surface area contributed by atoms with E-state index in [1.165, 1.54) is 31.2 Å². The van der Waals surface area contributed by atoms with Gasteiger partial charge in [-0.15, -0.1) is 0 Å². The van der Waals surface area contributed by atoms with Crippen molar-refractivity contribution in [3.63, 3.8) is 0 Å². The second kappa shape index (κ2) is 9.95. The van der Waals surface area contributed by atoms with Crippen LogP contribution in [0.1, 0.15) is 44.6 Å². The first-order valence-corrected chi connectivity index (χ1v) is 7.23. The van der Waals surface area contributed by atoms with Crippen LogP contribution in [-0.2, 0) is 0 Å². The smallest absolute Gasteiger partial charge is 0.119 e. The first kappa shape index (κ1) is 15.0. The Hall–Kier alpha value is -1.02. The van der Waals surface area contributed by atoms with E-state index in [-0.39, 0.29) is 0 Å². The Labute approximate surface area is 112 Å². The third-order valence-corrected chi connectivity index (χ3v) is 2.99. The maximum atomic E-state index is 5.68. The zero-order valence-corrected chi connectivity index (χ0v) is 11.9. The zero-order valence-electron chi connectivity index (χ0n) is 11.9. The standard InChI is InChI=1S/C16H27NO/c1-3-4-5-12-17-13-6-7-14-18-16-10-8-15(2)9-11-16/h8-11,17H,3-7,12-14H2,1-2H3. The highest BCUT2D eigenvalue weighted by Gasteiger charge is 1.93.